The van der Waals surface area contributed by atoms with E-state index in [0.29, 0.717) is 13.0 Å². The molecule has 0 aromatic rings. The smallest absolute Gasteiger partial charge is 0.222 e. The molecule has 1 N–H and O–H groups in total. The highest BCUT2D eigenvalue weighted by molar-refractivity contribution is 5.75. The molecule has 100 valence electrons. The van der Waals surface area contributed by atoms with Crippen LogP contribution in [-0.4, -0.2) is 32.0 Å². The molecule has 1 unspecified atom stereocenters. The molecule has 4 heteroatoms. The molecular formula is C13H25NO3. The molecule has 1 amide bonds. The topological polar surface area (TPSA) is 47.6 Å². The number of hydrogen-bond donors (Lipinski definition) is 1. The molecule has 0 saturated carbocycles. The third-order valence-electron chi connectivity index (χ3n) is 2.87. The van der Waals surface area contributed by atoms with Crippen molar-refractivity contribution >= 4 is 5.91 Å². The van der Waals surface area contributed by atoms with Gasteiger partial charge in [-0.1, -0.05) is 19.8 Å². The monoisotopic (exact) mass is 243 g/mol. The molecule has 17 heavy (non-hydrogen) atoms. The summed E-state index contributed by atoms with van der Waals surface area (Å²) in [6.07, 6.45) is 7.01. The van der Waals surface area contributed by atoms with Crippen molar-refractivity contribution in [2.24, 2.45) is 0 Å². The molecule has 1 aliphatic rings. The first-order valence-electron chi connectivity index (χ1n) is 6.83. The van der Waals surface area contributed by atoms with Crippen molar-refractivity contribution < 1.29 is 14.3 Å². The molecule has 1 heterocycles. The fraction of sp³-hybridized carbons (Fsp3) is 0.923. The van der Waals surface area contributed by atoms with E-state index >= 15 is 0 Å². The predicted molar refractivity (Wildman–Crippen MR) is 66.7 cm³/mol. The van der Waals surface area contributed by atoms with Gasteiger partial charge in [-0.2, -0.15) is 0 Å². The van der Waals surface area contributed by atoms with Crippen LogP contribution < -0.4 is 5.32 Å². The molecule has 1 rings (SSSR count). The van der Waals surface area contributed by atoms with E-state index in [2.05, 4.69) is 12.2 Å². The number of ether oxygens (including phenoxy) is 2. The molecule has 1 atom stereocenters. The van der Waals surface area contributed by atoms with E-state index in [1.165, 1.54) is 12.8 Å². The van der Waals surface area contributed by atoms with Gasteiger partial charge in [-0.05, 0) is 25.7 Å². The van der Waals surface area contributed by atoms with Gasteiger partial charge in [-0.25, -0.2) is 0 Å². The summed E-state index contributed by atoms with van der Waals surface area (Å²) in [5.41, 5.74) is 0. The Morgan fingerprint density at radius 3 is 3.00 bits per heavy atom. The lowest BCUT2D eigenvalue weighted by Crippen LogP contribution is -2.28. The van der Waals surface area contributed by atoms with Gasteiger partial charge >= 0.3 is 0 Å². The van der Waals surface area contributed by atoms with Gasteiger partial charge in [0.25, 0.3) is 0 Å². The number of unbranched alkanes of at least 4 members (excludes halogenated alkanes) is 2. The van der Waals surface area contributed by atoms with Gasteiger partial charge < -0.3 is 14.8 Å². The van der Waals surface area contributed by atoms with Crippen LogP contribution in [0.3, 0.4) is 0 Å². The Morgan fingerprint density at radius 1 is 1.41 bits per heavy atom. The van der Waals surface area contributed by atoms with Crippen LogP contribution in [0, 0.1) is 0 Å². The molecule has 0 aromatic heterocycles. The van der Waals surface area contributed by atoms with E-state index in [-0.39, 0.29) is 12.2 Å². The lowest BCUT2D eigenvalue weighted by atomic mass is 10.2. The van der Waals surface area contributed by atoms with Gasteiger partial charge in [-0.3, -0.25) is 4.79 Å². The second-order valence-electron chi connectivity index (χ2n) is 4.47. The standard InChI is InChI=1S/C13H25NO3/c1-2-3-5-9-14-12(15)8-11-17-13-7-4-6-10-16-13/h13H,2-11H2,1H3,(H,14,15). The molecule has 0 bridgehead atoms. The quantitative estimate of drug-likeness (QED) is 0.665. The summed E-state index contributed by atoms with van der Waals surface area (Å²) in [5, 5.41) is 2.90. The van der Waals surface area contributed by atoms with Crippen LogP contribution in [0.15, 0.2) is 0 Å². The molecular weight excluding hydrogens is 218 g/mol. The summed E-state index contributed by atoms with van der Waals surface area (Å²) in [4.78, 5) is 11.4. The molecule has 0 aromatic carbocycles. The fourth-order valence-corrected chi connectivity index (χ4v) is 1.82. The van der Waals surface area contributed by atoms with Gasteiger partial charge in [-0.15, -0.1) is 0 Å². The normalized spacial score (nSPS) is 20.2. The maximum Gasteiger partial charge on any atom is 0.222 e. The number of carbonyl (C=O) groups excluding carboxylic acids is 1. The van der Waals surface area contributed by atoms with Gasteiger partial charge in [0.05, 0.1) is 13.0 Å². The van der Waals surface area contributed by atoms with Crippen molar-refractivity contribution in [3.05, 3.63) is 0 Å². The molecule has 0 radical (unpaired) electrons. The lowest BCUT2D eigenvalue weighted by Gasteiger charge is -2.22. The zero-order valence-corrected chi connectivity index (χ0v) is 10.9. The van der Waals surface area contributed by atoms with E-state index < -0.39 is 0 Å². The van der Waals surface area contributed by atoms with Crippen molar-refractivity contribution in [3.63, 3.8) is 0 Å². The van der Waals surface area contributed by atoms with Gasteiger partial charge in [0.1, 0.15) is 0 Å². The first kappa shape index (κ1) is 14.5. The van der Waals surface area contributed by atoms with Crippen molar-refractivity contribution in [1.82, 2.24) is 5.32 Å². The molecule has 0 spiro atoms. The van der Waals surface area contributed by atoms with Crippen LogP contribution in [0.5, 0.6) is 0 Å². The lowest BCUT2D eigenvalue weighted by molar-refractivity contribution is -0.164. The summed E-state index contributed by atoms with van der Waals surface area (Å²) in [5.74, 6) is 0.0805. The van der Waals surface area contributed by atoms with Crippen molar-refractivity contribution in [2.45, 2.75) is 58.2 Å². The highest BCUT2D eigenvalue weighted by Gasteiger charge is 2.14. The zero-order chi connectivity index (χ0) is 12.3. The van der Waals surface area contributed by atoms with E-state index in [4.69, 9.17) is 9.47 Å². The van der Waals surface area contributed by atoms with E-state index in [1.807, 2.05) is 0 Å². The summed E-state index contributed by atoms with van der Waals surface area (Å²) in [7, 11) is 0. The fourth-order valence-electron chi connectivity index (χ4n) is 1.82. The second kappa shape index (κ2) is 9.42. The van der Waals surface area contributed by atoms with Gasteiger partial charge in [0.2, 0.25) is 5.91 Å². The Bertz CT molecular complexity index is 203. The number of hydrogen-bond acceptors (Lipinski definition) is 3. The van der Waals surface area contributed by atoms with E-state index in [0.717, 1.165) is 38.8 Å². The van der Waals surface area contributed by atoms with Gasteiger partial charge in [0, 0.05) is 13.2 Å². The van der Waals surface area contributed by atoms with Crippen LogP contribution in [0.2, 0.25) is 0 Å². The highest BCUT2D eigenvalue weighted by Crippen LogP contribution is 2.13. The minimum atomic E-state index is -0.0864. The summed E-state index contributed by atoms with van der Waals surface area (Å²) in [6.45, 7) is 4.19. The van der Waals surface area contributed by atoms with Crippen molar-refractivity contribution in [3.8, 4) is 0 Å². The maximum atomic E-state index is 11.4. The maximum absolute atomic E-state index is 11.4. The Labute approximate surface area is 104 Å². The zero-order valence-electron chi connectivity index (χ0n) is 10.9. The van der Waals surface area contributed by atoms with Crippen molar-refractivity contribution in [1.29, 1.82) is 0 Å². The van der Waals surface area contributed by atoms with E-state index in [9.17, 15) is 4.79 Å². The first-order valence-corrected chi connectivity index (χ1v) is 6.83. The SMILES string of the molecule is CCCCCNC(=O)CCOC1CCCCO1. The average molecular weight is 243 g/mol. The number of carbonyl (C=O) groups is 1. The van der Waals surface area contributed by atoms with Crippen molar-refractivity contribution in [2.75, 3.05) is 19.8 Å². The van der Waals surface area contributed by atoms with Crippen LogP contribution in [0.1, 0.15) is 51.9 Å². The molecule has 1 fully saturated rings. The van der Waals surface area contributed by atoms with Gasteiger partial charge in [0.15, 0.2) is 6.29 Å². The minimum Gasteiger partial charge on any atom is -0.356 e. The molecule has 0 aliphatic carbocycles. The Morgan fingerprint density at radius 2 is 2.29 bits per heavy atom. The second-order valence-corrected chi connectivity index (χ2v) is 4.47. The third kappa shape index (κ3) is 7.34. The van der Waals surface area contributed by atoms with Crippen LogP contribution >= 0.6 is 0 Å². The third-order valence-corrected chi connectivity index (χ3v) is 2.87. The summed E-state index contributed by atoms with van der Waals surface area (Å²) < 4.78 is 10.9. The minimum absolute atomic E-state index is 0.0805. The molecule has 1 aliphatic heterocycles. The molecule has 1 saturated heterocycles. The molecule has 4 nitrogen and oxygen atoms in total. The Kier molecular flexibility index (Phi) is 8.01. The summed E-state index contributed by atoms with van der Waals surface area (Å²) >= 11 is 0. The van der Waals surface area contributed by atoms with Crippen LogP contribution in [0.4, 0.5) is 0 Å². The average Bonchev–Trinajstić information content (AvgIpc) is 2.36. The predicted octanol–water partition coefficient (Wildman–Crippen LogP) is 2.23. The highest BCUT2D eigenvalue weighted by atomic mass is 16.7. The summed E-state index contributed by atoms with van der Waals surface area (Å²) in [6, 6.07) is 0. The van der Waals surface area contributed by atoms with E-state index in [1.54, 1.807) is 0 Å². The number of amides is 1. The number of nitrogens with one attached hydrogen (secondary N) is 1. The largest absolute Gasteiger partial charge is 0.356 e. The Hall–Kier alpha value is -0.610. The Balaban J connectivity index is 1.92. The van der Waals surface area contributed by atoms with Crippen LogP contribution in [0.25, 0.3) is 0 Å². The first-order chi connectivity index (χ1) is 8.33. The van der Waals surface area contributed by atoms with Crippen LogP contribution in [-0.2, 0) is 14.3 Å². The number of rotatable bonds is 8.